The fourth-order valence-electron chi connectivity index (χ4n) is 1.80. The van der Waals surface area contributed by atoms with Gasteiger partial charge in [0.1, 0.15) is 0 Å². The normalized spacial score (nSPS) is 24.1. The van der Waals surface area contributed by atoms with Crippen molar-refractivity contribution in [2.45, 2.75) is 29.7 Å². The standard InChI is InChI=1S/C10H15N3O2S2/c1-10(4-3-5-17-10)8-11-9(13(2)12-8)16-6-7(14)15/h3-6H2,1-2H3,(H,14,15). The van der Waals surface area contributed by atoms with E-state index in [-0.39, 0.29) is 10.5 Å². The third kappa shape index (κ3) is 2.77. The molecule has 1 aliphatic heterocycles. The minimum Gasteiger partial charge on any atom is -0.481 e. The van der Waals surface area contributed by atoms with Crippen LogP contribution in [0.3, 0.4) is 0 Å². The number of hydrogen-bond donors (Lipinski definition) is 1. The summed E-state index contributed by atoms with van der Waals surface area (Å²) in [5.41, 5.74) is 0. The van der Waals surface area contributed by atoms with Gasteiger partial charge in [-0.25, -0.2) is 9.67 Å². The van der Waals surface area contributed by atoms with E-state index < -0.39 is 5.97 Å². The van der Waals surface area contributed by atoms with Gasteiger partial charge < -0.3 is 5.11 Å². The van der Waals surface area contributed by atoms with Gasteiger partial charge in [-0.15, -0.1) is 11.8 Å². The van der Waals surface area contributed by atoms with Crippen molar-refractivity contribution < 1.29 is 9.90 Å². The summed E-state index contributed by atoms with van der Waals surface area (Å²) in [4.78, 5) is 15.0. The summed E-state index contributed by atoms with van der Waals surface area (Å²) in [6, 6.07) is 0. The molecule has 5 nitrogen and oxygen atoms in total. The van der Waals surface area contributed by atoms with Crippen molar-refractivity contribution in [3.8, 4) is 0 Å². The van der Waals surface area contributed by atoms with Crippen molar-refractivity contribution in [2.24, 2.45) is 7.05 Å². The lowest BCUT2D eigenvalue weighted by Gasteiger charge is -2.17. The number of hydrogen-bond acceptors (Lipinski definition) is 5. The monoisotopic (exact) mass is 273 g/mol. The lowest BCUT2D eigenvalue weighted by atomic mass is 10.1. The molecule has 1 unspecified atom stereocenters. The Bertz CT molecular complexity index is 427. The number of carboxylic acids is 1. The summed E-state index contributed by atoms with van der Waals surface area (Å²) in [5.74, 6) is 1.17. The van der Waals surface area contributed by atoms with Gasteiger partial charge in [0.15, 0.2) is 11.0 Å². The fraction of sp³-hybridized carbons (Fsp3) is 0.700. The van der Waals surface area contributed by atoms with Gasteiger partial charge in [0.2, 0.25) is 0 Å². The zero-order valence-electron chi connectivity index (χ0n) is 9.84. The summed E-state index contributed by atoms with van der Waals surface area (Å²) >= 11 is 3.09. The number of aliphatic carboxylic acids is 1. The fourth-order valence-corrected chi connectivity index (χ4v) is 3.68. The Morgan fingerprint density at radius 2 is 2.47 bits per heavy atom. The molecular weight excluding hydrogens is 258 g/mol. The van der Waals surface area contributed by atoms with E-state index in [1.54, 1.807) is 4.68 Å². The smallest absolute Gasteiger partial charge is 0.313 e. The average Bonchev–Trinajstić information content (AvgIpc) is 2.83. The molecule has 94 valence electrons. The highest BCUT2D eigenvalue weighted by Crippen LogP contribution is 2.45. The third-order valence-corrected chi connectivity index (χ3v) is 5.26. The van der Waals surface area contributed by atoms with Crippen LogP contribution in [-0.2, 0) is 16.6 Å². The van der Waals surface area contributed by atoms with Crippen LogP contribution >= 0.6 is 23.5 Å². The number of aryl methyl sites for hydroxylation is 1. The van der Waals surface area contributed by atoms with Gasteiger partial charge in [-0.1, -0.05) is 11.8 Å². The van der Waals surface area contributed by atoms with Gasteiger partial charge in [0.25, 0.3) is 0 Å². The van der Waals surface area contributed by atoms with Crippen molar-refractivity contribution in [2.75, 3.05) is 11.5 Å². The van der Waals surface area contributed by atoms with Crippen LogP contribution in [0.2, 0.25) is 0 Å². The molecule has 0 bridgehead atoms. The maximum absolute atomic E-state index is 10.5. The molecule has 1 fully saturated rings. The first-order valence-corrected chi connectivity index (χ1v) is 7.38. The number of aromatic nitrogens is 3. The molecule has 1 N–H and O–H groups in total. The topological polar surface area (TPSA) is 68.0 Å². The second-order valence-electron chi connectivity index (χ2n) is 4.21. The second kappa shape index (κ2) is 4.89. The first-order chi connectivity index (χ1) is 8.01. The van der Waals surface area contributed by atoms with E-state index in [4.69, 9.17) is 5.11 Å². The summed E-state index contributed by atoms with van der Waals surface area (Å²) in [7, 11) is 1.81. The molecule has 1 aliphatic rings. The van der Waals surface area contributed by atoms with Crippen molar-refractivity contribution in [1.82, 2.24) is 14.8 Å². The summed E-state index contributed by atoms with van der Waals surface area (Å²) in [6.07, 6.45) is 2.28. The van der Waals surface area contributed by atoms with Crippen LogP contribution < -0.4 is 0 Å². The summed E-state index contributed by atoms with van der Waals surface area (Å²) in [6.45, 7) is 2.16. The first-order valence-electron chi connectivity index (χ1n) is 5.41. The predicted octanol–water partition coefficient (Wildman–Crippen LogP) is 1.73. The minimum atomic E-state index is -0.832. The van der Waals surface area contributed by atoms with Crippen LogP contribution in [0.25, 0.3) is 0 Å². The SMILES string of the molecule is Cn1nc(C2(C)CCCS2)nc1SCC(=O)O. The Kier molecular flexibility index (Phi) is 3.67. The van der Waals surface area contributed by atoms with Crippen molar-refractivity contribution >= 4 is 29.5 Å². The summed E-state index contributed by atoms with van der Waals surface area (Å²) in [5, 5.41) is 13.7. The lowest BCUT2D eigenvalue weighted by molar-refractivity contribution is -0.133. The largest absolute Gasteiger partial charge is 0.481 e. The third-order valence-electron chi connectivity index (χ3n) is 2.74. The zero-order chi connectivity index (χ0) is 12.5. The second-order valence-corrected chi connectivity index (χ2v) is 6.75. The van der Waals surface area contributed by atoms with E-state index in [9.17, 15) is 4.79 Å². The van der Waals surface area contributed by atoms with Gasteiger partial charge >= 0.3 is 5.97 Å². The molecule has 0 aliphatic carbocycles. The molecular formula is C10H15N3O2S2. The van der Waals surface area contributed by atoms with E-state index in [0.29, 0.717) is 5.16 Å². The van der Waals surface area contributed by atoms with E-state index in [1.165, 1.54) is 18.2 Å². The maximum atomic E-state index is 10.5. The van der Waals surface area contributed by atoms with Crippen LogP contribution in [-0.4, -0.2) is 37.3 Å². The Morgan fingerprint density at radius 3 is 3.06 bits per heavy atom. The van der Waals surface area contributed by atoms with E-state index >= 15 is 0 Å². The van der Waals surface area contributed by atoms with Gasteiger partial charge in [-0.05, 0) is 25.5 Å². The van der Waals surface area contributed by atoms with Gasteiger partial charge in [0.05, 0.1) is 10.5 Å². The minimum absolute atomic E-state index is 0.000205. The molecule has 2 rings (SSSR count). The van der Waals surface area contributed by atoms with Crippen molar-refractivity contribution in [3.63, 3.8) is 0 Å². The number of nitrogens with zero attached hydrogens (tertiary/aromatic N) is 3. The van der Waals surface area contributed by atoms with Crippen LogP contribution in [0.1, 0.15) is 25.6 Å². The first kappa shape index (κ1) is 12.8. The van der Waals surface area contributed by atoms with E-state index in [2.05, 4.69) is 17.0 Å². The highest BCUT2D eigenvalue weighted by atomic mass is 32.2. The molecule has 1 atom stereocenters. The Labute approximate surface area is 108 Å². The Hall–Kier alpha value is -0.690. The number of carbonyl (C=O) groups is 1. The van der Waals surface area contributed by atoms with Gasteiger partial charge in [-0.2, -0.15) is 5.10 Å². The maximum Gasteiger partial charge on any atom is 0.313 e. The van der Waals surface area contributed by atoms with Crippen LogP contribution in [0, 0.1) is 0 Å². The molecule has 1 aromatic heterocycles. The highest BCUT2D eigenvalue weighted by Gasteiger charge is 2.35. The van der Waals surface area contributed by atoms with Crippen LogP contribution in [0.4, 0.5) is 0 Å². The molecule has 0 saturated carbocycles. The Balaban J connectivity index is 2.15. The van der Waals surface area contributed by atoms with Crippen molar-refractivity contribution in [3.05, 3.63) is 5.82 Å². The van der Waals surface area contributed by atoms with Gasteiger partial charge in [-0.3, -0.25) is 4.79 Å². The van der Waals surface area contributed by atoms with Crippen LogP contribution in [0.15, 0.2) is 5.16 Å². The van der Waals surface area contributed by atoms with Gasteiger partial charge in [0, 0.05) is 7.05 Å². The molecule has 1 aromatic rings. The number of rotatable bonds is 4. The molecule has 1 saturated heterocycles. The van der Waals surface area contributed by atoms with E-state index in [0.717, 1.165) is 18.0 Å². The Morgan fingerprint density at radius 1 is 1.71 bits per heavy atom. The number of carboxylic acid groups (broad SMARTS) is 1. The zero-order valence-corrected chi connectivity index (χ0v) is 11.5. The molecule has 17 heavy (non-hydrogen) atoms. The molecule has 0 radical (unpaired) electrons. The quantitative estimate of drug-likeness (QED) is 0.843. The average molecular weight is 273 g/mol. The lowest BCUT2D eigenvalue weighted by Crippen LogP contribution is -2.15. The molecule has 2 heterocycles. The predicted molar refractivity (Wildman–Crippen MR) is 68.4 cm³/mol. The van der Waals surface area contributed by atoms with E-state index in [1.807, 2.05) is 18.8 Å². The van der Waals surface area contributed by atoms with Crippen LogP contribution in [0.5, 0.6) is 0 Å². The molecule has 0 amide bonds. The molecule has 0 spiro atoms. The highest BCUT2D eigenvalue weighted by molar-refractivity contribution is 8.00. The number of thioether (sulfide) groups is 2. The van der Waals surface area contributed by atoms with Crippen molar-refractivity contribution in [1.29, 1.82) is 0 Å². The summed E-state index contributed by atoms with van der Waals surface area (Å²) < 4.78 is 1.67. The molecule has 7 heteroatoms. The molecule has 0 aromatic carbocycles.